The van der Waals surface area contributed by atoms with Gasteiger partial charge in [0.25, 0.3) is 0 Å². The summed E-state index contributed by atoms with van der Waals surface area (Å²) in [6.07, 6.45) is 1.62. The van der Waals surface area contributed by atoms with Crippen LogP contribution in [-0.4, -0.2) is 46.1 Å². The van der Waals surface area contributed by atoms with Gasteiger partial charge in [0, 0.05) is 12.1 Å². The van der Waals surface area contributed by atoms with Gasteiger partial charge in [0.1, 0.15) is 5.75 Å². The molecular formula is C14H23N3O3S. The molecule has 1 aromatic carbocycles. The number of sulfonamides is 1. The molecule has 0 saturated carbocycles. The second-order valence-corrected chi connectivity index (χ2v) is 7.29. The van der Waals surface area contributed by atoms with E-state index in [1.165, 1.54) is 19.2 Å². The van der Waals surface area contributed by atoms with Crippen LogP contribution in [0.1, 0.15) is 19.8 Å². The number of hydrogen-bond acceptors (Lipinski definition) is 5. The van der Waals surface area contributed by atoms with Crippen LogP contribution in [0.2, 0.25) is 0 Å². The van der Waals surface area contributed by atoms with Crippen LogP contribution in [0.15, 0.2) is 23.1 Å². The maximum atomic E-state index is 12.4. The number of methoxy groups -OCH3 is 1. The van der Waals surface area contributed by atoms with Crippen molar-refractivity contribution in [3.63, 3.8) is 0 Å². The molecule has 21 heavy (non-hydrogen) atoms. The van der Waals surface area contributed by atoms with Gasteiger partial charge in [0.05, 0.1) is 17.7 Å². The third-order valence-electron chi connectivity index (χ3n) is 4.04. The molecule has 2 atom stereocenters. The molecule has 1 fully saturated rings. The lowest BCUT2D eigenvalue weighted by atomic mass is 10.0. The molecular weight excluding hydrogens is 290 g/mol. The lowest BCUT2D eigenvalue weighted by molar-refractivity contribution is 0.178. The molecule has 6 nitrogen and oxygen atoms in total. The summed E-state index contributed by atoms with van der Waals surface area (Å²) in [4.78, 5) is 2.41. The highest BCUT2D eigenvalue weighted by atomic mass is 32.2. The monoisotopic (exact) mass is 313 g/mol. The van der Waals surface area contributed by atoms with Gasteiger partial charge >= 0.3 is 0 Å². The van der Waals surface area contributed by atoms with Gasteiger partial charge in [-0.15, -0.1) is 0 Å². The van der Waals surface area contributed by atoms with Gasteiger partial charge in [-0.2, -0.15) is 0 Å². The summed E-state index contributed by atoms with van der Waals surface area (Å²) in [5, 5.41) is 0. The highest BCUT2D eigenvalue weighted by Gasteiger charge is 2.27. The van der Waals surface area contributed by atoms with E-state index in [2.05, 4.69) is 23.6 Å². The van der Waals surface area contributed by atoms with E-state index in [0.29, 0.717) is 17.5 Å². The molecule has 2 rings (SSSR count). The van der Waals surface area contributed by atoms with Crippen LogP contribution >= 0.6 is 0 Å². The number of hydrogen-bond donors (Lipinski definition) is 2. The molecule has 1 heterocycles. The number of nitrogens with zero attached hydrogens (tertiary/aromatic N) is 1. The summed E-state index contributed by atoms with van der Waals surface area (Å²) in [5.41, 5.74) is 6.09. The number of anilines is 1. The molecule has 0 spiro atoms. The highest BCUT2D eigenvalue weighted by Crippen LogP contribution is 2.25. The maximum Gasteiger partial charge on any atom is 0.240 e. The number of likely N-dealkylation sites (tertiary alicyclic amines) is 1. The van der Waals surface area contributed by atoms with Crippen LogP contribution in [0, 0.1) is 0 Å². The number of nitrogens with two attached hydrogens (primary N) is 1. The lowest BCUT2D eigenvalue weighted by Gasteiger charge is -2.35. The average molecular weight is 313 g/mol. The Kier molecular flexibility index (Phi) is 4.75. The topological polar surface area (TPSA) is 84.7 Å². The van der Waals surface area contributed by atoms with Gasteiger partial charge in [-0.25, -0.2) is 13.1 Å². The summed E-state index contributed by atoms with van der Waals surface area (Å²) in [5.74, 6) is 0.474. The van der Waals surface area contributed by atoms with Gasteiger partial charge in [0.15, 0.2) is 0 Å². The van der Waals surface area contributed by atoms with E-state index < -0.39 is 10.0 Å². The van der Waals surface area contributed by atoms with Crippen LogP contribution in [0.5, 0.6) is 5.75 Å². The number of benzene rings is 1. The minimum atomic E-state index is -3.55. The van der Waals surface area contributed by atoms with Crippen molar-refractivity contribution in [1.82, 2.24) is 9.62 Å². The normalized spacial score (nSPS) is 24.0. The number of ether oxygens (including phenoxy) is 1. The van der Waals surface area contributed by atoms with E-state index in [9.17, 15) is 8.42 Å². The first kappa shape index (κ1) is 16.1. The zero-order chi connectivity index (χ0) is 15.6. The second-order valence-electron chi connectivity index (χ2n) is 5.58. The van der Waals surface area contributed by atoms with Crippen molar-refractivity contribution in [3.05, 3.63) is 18.2 Å². The molecule has 1 aromatic rings. The van der Waals surface area contributed by atoms with Crippen LogP contribution < -0.4 is 15.2 Å². The third kappa shape index (κ3) is 3.66. The molecule has 0 bridgehead atoms. The number of rotatable bonds is 4. The standard InChI is InChI=1S/C14H23N3O3S/c1-10-8-11(6-7-17(10)2)16-21(18,19)12-4-5-14(20-3)13(15)9-12/h4-5,9-11,16H,6-8,15H2,1-3H3. The highest BCUT2D eigenvalue weighted by molar-refractivity contribution is 7.89. The van der Waals surface area contributed by atoms with Gasteiger partial charge in [-0.1, -0.05) is 0 Å². The molecule has 2 unspecified atom stereocenters. The predicted octanol–water partition coefficient (Wildman–Crippen LogP) is 1.04. The fourth-order valence-corrected chi connectivity index (χ4v) is 3.88. The van der Waals surface area contributed by atoms with E-state index in [0.717, 1.165) is 19.4 Å². The van der Waals surface area contributed by atoms with Gasteiger partial charge < -0.3 is 15.4 Å². The van der Waals surface area contributed by atoms with Crippen molar-refractivity contribution in [3.8, 4) is 5.75 Å². The molecule has 0 radical (unpaired) electrons. The second kappa shape index (κ2) is 6.21. The van der Waals surface area contributed by atoms with Gasteiger partial charge in [-0.05, 0) is 51.6 Å². The Morgan fingerprint density at radius 2 is 2.14 bits per heavy atom. The lowest BCUT2D eigenvalue weighted by Crippen LogP contribution is -2.47. The van der Waals surface area contributed by atoms with Crippen LogP contribution in [0.4, 0.5) is 5.69 Å². The van der Waals surface area contributed by atoms with Crippen molar-refractivity contribution in [2.45, 2.75) is 36.7 Å². The average Bonchev–Trinajstić information content (AvgIpc) is 2.42. The quantitative estimate of drug-likeness (QED) is 0.811. The van der Waals surface area contributed by atoms with Crippen molar-refractivity contribution >= 4 is 15.7 Å². The fraction of sp³-hybridized carbons (Fsp3) is 0.571. The molecule has 3 N–H and O–H groups in total. The number of nitrogen functional groups attached to an aromatic ring is 1. The van der Waals surface area contributed by atoms with E-state index in [4.69, 9.17) is 10.5 Å². The first-order valence-corrected chi connectivity index (χ1v) is 8.48. The first-order chi connectivity index (χ1) is 9.83. The number of nitrogens with one attached hydrogen (secondary N) is 1. The molecule has 118 valence electrons. The van der Waals surface area contributed by atoms with Crippen LogP contribution in [-0.2, 0) is 10.0 Å². The van der Waals surface area contributed by atoms with Gasteiger partial charge in [0.2, 0.25) is 10.0 Å². The minimum Gasteiger partial charge on any atom is -0.495 e. The Morgan fingerprint density at radius 1 is 1.43 bits per heavy atom. The molecule has 1 saturated heterocycles. The Balaban J connectivity index is 2.13. The van der Waals surface area contributed by atoms with Crippen molar-refractivity contribution < 1.29 is 13.2 Å². The summed E-state index contributed by atoms with van der Waals surface area (Å²) in [6.45, 7) is 2.99. The zero-order valence-electron chi connectivity index (χ0n) is 12.7. The van der Waals surface area contributed by atoms with Crippen LogP contribution in [0.3, 0.4) is 0 Å². The van der Waals surface area contributed by atoms with E-state index >= 15 is 0 Å². The zero-order valence-corrected chi connectivity index (χ0v) is 13.5. The SMILES string of the molecule is COc1ccc(S(=O)(=O)NC2CCN(C)C(C)C2)cc1N. The summed E-state index contributed by atoms with van der Waals surface area (Å²) in [7, 11) is 0.000800. The summed E-state index contributed by atoms with van der Waals surface area (Å²) < 4.78 is 32.7. The van der Waals surface area contributed by atoms with Crippen molar-refractivity contribution in [2.75, 3.05) is 26.4 Å². The fourth-order valence-electron chi connectivity index (χ4n) is 2.56. The van der Waals surface area contributed by atoms with E-state index in [1.807, 2.05) is 0 Å². The largest absolute Gasteiger partial charge is 0.495 e. The Labute approximate surface area is 126 Å². The van der Waals surface area contributed by atoms with Gasteiger partial charge in [-0.3, -0.25) is 0 Å². The Morgan fingerprint density at radius 3 is 2.71 bits per heavy atom. The van der Waals surface area contributed by atoms with E-state index in [-0.39, 0.29) is 10.9 Å². The molecule has 0 aliphatic carbocycles. The predicted molar refractivity (Wildman–Crippen MR) is 82.8 cm³/mol. The summed E-state index contributed by atoms with van der Waals surface area (Å²) >= 11 is 0. The summed E-state index contributed by atoms with van der Waals surface area (Å²) in [6, 6.07) is 4.84. The molecule has 0 aromatic heterocycles. The minimum absolute atomic E-state index is 0.0375. The maximum absolute atomic E-state index is 12.4. The molecule has 1 aliphatic rings. The first-order valence-electron chi connectivity index (χ1n) is 6.99. The molecule has 0 amide bonds. The smallest absolute Gasteiger partial charge is 0.240 e. The Hall–Kier alpha value is -1.31. The van der Waals surface area contributed by atoms with E-state index in [1.54, 1.807) is 6.07 Å². The molecule has 7 heteroatoms. The molecule has 1 aliphatic heterocycles. The third-order valence-corrected chi connectivity index (χ3v) is 5.56. The Bertz CT molecular complexity index is 603. The van der Waals surface area contributed by atoms with Crippen molar-refractivity contribution in [1.29, 1.82) is 0 Å². The van der Waals surface area contributed by atoms with Crippen molar-refractivity contribution in [2.24, 2.45) is 0 Å². The number of piperidine rings is 1. The van der Waals surface area contributed by atoms with Crippen LogP contribution in [0.25, 0.3) is 0 Å².